The number of aryl methyl sites for hydroxylation is 1. The van der Waals surface area contributed by atoms with Gasteiger partial charge >= 0.3 is 0 Å². The number of nitrogens with zero attached hydrogens (tertiary/aromatic N) is 4. The molecule has 0 aromatic carbocycles. The number of hydrogen-bond donors (Lipinski definition) is 2. The van der Waals surface area contributed by atoms with Gasteiger partial charge in [0.25, 0.3) is 0 Å². The predicted molar refractivity (Wildman–Crippen MR) is 113 cm³/mol. The smallest absolute Gasteiger partial charge is 0.191 e. The van der Waals surface area contributed by atoms with Crippen molar-refractivity contribution in [3.8, 4) is 0 Å². The van der Waals surface area contributed by atoms with Gasteiger partial charge in [-0.05, 0) is 38.3 Å². The summed E-state index contributed by atoms with van der Waals surface area (Å²) in [7, 11) is 0. The van der Waals surface area contributed by atoms with Crippen LogP contribution in [-0.4, -0.2) is 39.7 Å². The Hall–Kier alpha value is -1.38. The Morgan fingerprint density at radius 3 is 2.88 bits per heavy atom. The van der Waals surface area contributed by atoms with E-state index in [1.807, 2.05) is 24.4 Å². The van der Waals surface area contributed by atoms with Crippen molar-refractivity contribution in [2.75, 3.05) is 13.1 Å². The van der Waals surface area contributed by atoms with E-state index in [0.717, 1.165) is 43.4 Å². The summed E-state index contributed by atoms with van der Waals surface area (Å²) < 4.78 is 2.05. The second-order valence-electron chi connectivity index (χ2n) is 6.39. The third kappa shape index (κ3) is 5.83. The lowest BCUT2D eigenvalue weighted by Crippen LogP contribution is -2.44. The minimum atomic E-state index is 0. The largest absolute Gasteiger partial charge is 0.357 e. The quantitative estimate of drug-likeness (QED) is 0.303. The number of aliphatic imine (C=N–C) groups is 1. The molecule has 2 aromatic heterocycles. The minimum Gasteiger partial charge on any atom is -0.357 e. The zero-order valence-corrected chi connectivity index (χ0v) is 17.3. The van der Waals surface area contributed by atoms with Crippen LogP contribution in [-0.2, 0) is 6.42 Å². The molecule has 25 heavy (non-hydrogen) atoms. The molecule has 0 saturated heterocycles. The van der Waals surface area contributed by atoms with Gasteiger partial charge in [-0.2, -0.15) is 0 Å². The first kappa shape index (κ1) is 19.9. The Bertz CT molecular complexity index is 662. The van der Waals surface area contributed by atoms with Gasteiger partial charge < -0.3 is 10.6 Å². The van der Waals surface area contributed by atoms with Crippen molar-refractivity contribution in [2.24, 2.45) is 4.99 Å². The summed E-state index contributed by atoms with van der Waals surface area (Å²) in [6.07, 6.45) is 10.4. The van der Waals surface area contributed by atoms with Gasteiger partial charge in [0.05, 0.1) is 0 Å². The summed E-state index contributed by atoms with van der Waals surface area (Å²) in [6, 6.07) is 6.55. The number of pyridine rings is 1. The summed E-state index contributed by atoms with van der Waals surface area (Å²) in [5.74, 6) is 1.96. The summed E-state index contributed by atoms with van der Waals surface area (Å²) in [5, 5.41) is 15.4. The first-order valence-electron chi connectivity index (χ1n) is 9.20. The average molecular weight is 456 g/mol. The SMILES string of the molecule is CCNC(=NCCCc1nnc2ccccn12)NC1CCCCC1.I. The topological polar surface area (TPSA) is 66.6 Å². The molecule has 2 N–H and O–H groups in total. The molecular formula is C18H29IN6. The van der Waals surface area contributed by atoms with Crippen molar-refractivity contribution in [2.45, 2.75) is 57.9 Å². The molecule has 0 spiro atoms. The Morgan fingerprint density at radius 1 is 1.24 bits per heavy atom. The van der Waals surface area contributed by atoms with Crippen LogP contribution in [0.1, 0.15) is 51.3 Å². The maximum Gasteiger partial charge on any atom is 0.191 e. The van der Waals surface area contributed by atoms with Gasteiger partial charge in [-0.1, -0.05) is 25.3 Å². The van der Waals surface area contributed by atoms with Crippen molar-refractivity contribution in [1.29, 1.82) is 0 Å². The van der Waals surface area contributed by atoms with Gasteiger partial charge in [0.15, 0.2) is 11.6 Å². The lowest BCUT2D eigenvalue weighted by atomic mass is 9.96. The molecule has 6 nitrogen and oxygen atoms in total. The molecule has 0 radical (unpaired) electrons. The fraction of sp³-hybridized carbons (Fsp3) is 0.611. The highest BCUT2D eigenvalue weighted by atomic mass is 127. The molecule has 0 atom stereocenters. The summed E-state index contributed by atoms with van der Waals surface area (Å²) in [5.41, 5.74) is 0.906. The molecule has 2 aromatic rings. The molecule has 1 aliphatic carbocycles. The Balaban J connectivity index is 0.00000225. The number of rotatable bonds is 6. The monoisotopic (exact) mass is 456 g/mol. The van der Waals surface area contributed by atoms with E-state index >= 15 is 0 Å². The van der Waals surface area contributed by atoms with Gasteiger partial charge in [0.2, 0.25) is 0 Å². The normalized spacial score (nSPS) is 15.8. The maximum absolute atomic E-state index is 4.72. The number of fused-ring (bicyclic) bond motifs is 1. The number of aromatic nitrogens is 3. The molecule has 0 aliphatic heterocycles. The van der Waals surface area contributed by atoms with Crippen molar-refractivity contribution in [3.05, 3.63) is 30.2 Å². The van der Waals surface area contributed by atoms with Crippen LogP contribution in [0.2, 0.25) is 0 Å². The van der Waals surface area contributed by atoms with E-state index in [1.54, 1.807) is 0 Å². The van der Waals surface area contributed by atoms with Crippen LogP contribution in [0.3, 0.4) is 0 Å². The van der Waals surface area contributed by atoms with Crippen molar-refractivity contribution in [1.82, 2.24) is 25.2 Å². The summed E-state index contributed by atoms with van der Waals surface area (Å²) in [4.78, 5) is 4.72. The van der Waals surface area contributed by atoms with E-state index in [-0.39, 0.29) is 24.0 Å². The lowest BCUT2D eigenvalue weighted by molar-refractivity contribution is 0.410. The molecule has 7 heteroatoms. The molecule has 1 aliphatic rings. The Labute approximate surface area is 166 Å². The summed E-state index contributed by atoms with van der Waals surface area (Å²) >= 11 is 0. The third-order valence-electron chi connectivity index (χ3n) is 4.50. The average Bonchev–Trinajstić information content (AvgIpc) is 3.03. The second kappa shape index (κ2) is 10.6. The standard InChI is InChI=1S/C18H28N6.HI/c1-2-19-18(21-15-9-4-3-5-10-15)20-13-8-12-17-23-22-16-11-6-7-14-24(16)17;/h6-7,11,14-15H,2-5,8-10,12-13H2,1H3,(H2,19,20,21);1H. The fourth-order valence-electron chi connectivity index (χ4n) is 3.25. The number of halogens is 1. The fourth-order valence-corrected chi connectivity index (χ4v) is 3.25. The van der Waals surface area contributed by atoms with Crippen LogP contribution in [0.4, 0.5) is 0 Å². The minimum absolute atomic E-state index is 0. The molecule has 0 unspecified atom stereocenters. The molecule has 0 bridgehead atoms. The molecule has 3 rings (SSSR count). The highest BCUT2D eigenvalue weighted by Gasteiger charge is 2.14. The first-order chi connectivity index (χ1) is 11.9. The number of guanidine groups is 1. The van der Waals surface area contributed by atoms with Crippen molar-refractivity contribution < 1.29 is 0 Å². The Kier molecular flexibility index (Phi) is 8.43. The maximum atomic E-state index is 4.72. The Morgan fingerprint density at radius 2 is 2.08 bits per heavy atom. The van der Waals surface area contributed by atoms with Gasteiger partial charge in [-0.25, -0.2) is 0 Å². The molecule has 0 amide bonds. The summed E-state index contributed by atoms with van der Waals surface area (Å²) in [6.45, 7) is 3.80. The molecule has 138 valence electrons. The zero-order valence-electron chi connectivity index (χ0n) is 14.9. The van der Waals surface area contributed by atoms with Crippen LogP contribution in [0.5, 0.6) is 0 Å². The predicted octanol–water partition coefficient (Wildman–Crippen LogP) is 3.17. The first-order valence-corrected chi connectivity index (χ1v) is 9.20. The molecule has 1 fully saturated rings. The van der Waals surface area contributed by atoms with Crippen LogP contribution in [0.25, 0.3) is 5.65 Å². The van der Waals surface area contributed by atoms with Crippen LogP contribution in [0, 0.1) is 0 Å². The van der Waals surface area contributed by atoms with E-state index < -0.39 is 0 Å². The van der Waals surface area contributed by atoms with E-state index in [9.17, 15) is 0 Å². The van der Waals surface area contributed by atoms with Crippen LogP contribution < -0.4 is 10.6 Å². The van der Waals surface area contributed by atoms with Gasteiger partial charge in [0.1, 0.15) is 5.82 Å². The van der Waals surface area contributed by atoms with Gasteiger partial charge in [-0.3, -0.25) is 9.39 Å². The lowest BCUT2D eigenvalue weighted by Gasteiger charge is -2.24. The van der Waals surface area contributed by atoms with Crippen molar-refractivity contribution >= 4 is 35.6 Å². The highest BCUT2D eigenvalue weighted by Crippen LogP contribution is 2.17. The molecule has 2 heterocycles. The van der Waals surface area contributed by atoms with E-state index in [2.05, 4.69) is 32.2 Å². The molecular weight excluding hydrogens is 427 g/mol. The second-order valence-corrected chi connectivity index (χ2v) is 6.39. The highest BCUT2D eigenvalue weighted by molar-refractivity contribution is 14.0. The van der Waals surface area contributed by atoms with Crippen molar-refractivity contribution in [3.63, 3.8) is 0 Å². The molecule has 1 saturated carbocycles. The van der Waals surface area contributed by atoms with E-state index in [0.29, 0.717) is 6.04 Å². The number of hydrogen-bond acceptors (Lipinski definition) is 3. The zero-order chi connectivity index (χ0) is 16.6. The van der Waals surface area contributed by atoms with Crippen LogP contribution in [0.15, 0.2) is 29.4 Å². The number of nitrogens with one attached hydrogen (secondary N) is 2. The van der Waals surface area contributed by atoms with E-state index in [1.165, 1.54) is 32.1 Å². The van der Waals surface area contributed by atoms with Crippen LogP contribution >= 0.6 is 24.0 Å². The van der Waals surface area contributed by atoms with Gasteiger partial charge in [-0.15, -0.1) is 34.2 Å². The van der Waals surface area contributed by atoms with Gasteiger partial charge in [0, 0.05) is 31.7 Å². The van der Waals surface area contributed by atoms with E-state index in [4.69, 9.17) is 4.99 Å². The third-order valence-corrected chi connectivity index (χ3v) is 4.50.